The summed E-state index contributed by atoms with van der Waals surface area (Å²) in [5, 5.41) is 4.46. The number of para-hydroxylation sites is 2. The number of halogens is 1. The van der Waals surface area contributed by atoms with Crippen LogP contribution in [0.4, 0.5) is 5.69 Å². The molecule has 6 nitrogen and oxygen atoms in total. The lowest BCUT2D eigenvalue weighted by Crippen LogP contribution is -2.44. The zero-order valence-corrected chi connectivity index (χ0v) is 13.4. The van der Waals surface area contributed by atoms with E-state index in [0.29, 0.717) is 16.5 Å². The molecule has 1 heterocycles. The Bertz CT molecular complexity index is 807. The van der Waals surface area contributed by atoms with E-state index in [1.807, 2.05) is 12.1 Å². The number of amides is 2. The molecule has 1 N–H and O–H groups in total. The molecule has 0 bridgehead atoms. The minimum absolute atomic E-state index is 0.0872. The number of anilines is 1. The maximum absolute atomic E-state index is 12.0. The summed E-state index contributed by atoms with van der Waals surface area (Å²) in [7, 11) is 0. The van der Waals surface area contributed by atoms with Crippen molar-refractivity contribution in [2.45, 2.75) is 0 Å². The number of carbonyl (C=O) groups excluding carboxylic acids is 2. The van der Waals surface area contributed by atoms with Crippen LogP contribution in [0.25, 0.3) is 0 Å². The van der Waals surface area contributed by atoms with Crippen molar-refractivity contribution in [1.82, 2.24) is 5.43 Å². The van der Waals surface area contributed by atoms with E-state index in [1.54, 1.807) is 36.4 Å². The number of ether oxygens (including phenoxy) is 1. The summed E-state index contributed by atoms with van der Waals surface area (Å²) < 4.78 is 5.33. The van der Waals surface area contributed by atoms with Gasteiger partial charge in [-0.15, -0.1) is 0 Å². The number of nitrogens with zero attached hydrogens (tertiary/aromatic N) is 2. The van der Waals surface area contributed by atoms with Crippen LogP contribution >= 0.6 is 11.6 Å². The third-order valence-corrected chi connectivity index (χ3v) is 3.60. The van der Waals surface area contributed by atoms with Gasteiger partial charge in [0.15, 0.2) is 6.61 Å². The van der Waals surface area contributed by atoms with Gasteiger partial charge in [-0.1, -0.05) is 35.9 Å². The molecule has 2 amide bonds. The summed E-state index contributed by atoms with van der Waals surface area (Å²) in [6.07, 6.45) is 1.48. The zero-order valence-electron chi connectivity index (χ0n) is 12.6. The number of benzene rings is 2. The molecule has 1 aliphatic rings. The number of hydrogen-bond donors (Lipinski definition) is 1. The van der Waals surface area contributed by atoms with Gasteiger partial charge < -0.3 is 4.74 Å². The Balaban J connectivity index is 1.64. The van der Waals surface area contributed by atoms with Crippen molar-refractivity contribution >= 4 is 35.3 Å². The van der Waals surface area contributed by atoms with Crippen LogP contribution < -0.4 is 15.1 Å². The zero-order chi connectivity index (χ0) is 16.9. The van der Waals surface area contributed by atoms with E-state index in [0.717, 1.165) is 5.56 Å². The molecule has 0 spiro atoms. The lowest BCUT2D eigenvalue weighted by atomic mass is 10.2. The highest BCUT2D eigenvalue weighted by Crippen LogP contribution is 2.31. The first-order valence-electron chi connectivity index (χ1n) is 7.23. The average molecular weight is 344 g/mol. The Kier molecular flexibility index (Phi) is 4.77. The van der Waals surface area contributed by atoms with Gasteiger partial charge in [-0.2, -0.15) is 5.10 Å². The predicted octanol–water partition coefficient (Wildman–Crippen LogP) is 2.22. The van der Waals surface area contributed by atoms with E-state index >= 15 is 0 Å². The third-order valence-electron chi connectivity index (χ3n) is 3.36. The monoisotopic (exact) mass is 343 g/mol. The summed E-state index contributed by atoms with van der Waals surface area (Å²) in [5.74, 6) is -0.103. The van der Waals surface area contributed by atoms with Crippen LogP contribution in [0.1, 0.15) is 5.56 Å². The number of carbonyl (C=O) groups is 2. The van der Waals surface area contributed by atoms with Crippen molar-refractivity contribution in [3.05, 3.63) is 59.1 Å². The van der Waals surface area contributed by atoms with Gasteiger partial charge in [-0.3, -0.25) is 14.5 Å². The Hall–Kier alpha value is -2.86. The molecule has 0 saturated heterocycles. The molecule has 0 atom stereocenters. The fourth-order valence-corrected chi connectivity index (χ4v) is 2.47. The van der Waals surface area contributed by atoms with Crippen molar-refractivity contribution in [3.63, 3.8) is 0 Å². The lowest BCUT2D eigenvalue weighted by Gasteiger charge is -2.28. The number of hydrazone groups is 1. The summed E-state index contributed by atoms with van der Waals surface area (Å²) in [6.45, 7) is -0.220. The maximum Gasteiger partial charge on any atom is 0.265 e. The standard InChI is InChI=1S/C17H14ClN3O3/c18-13-5-3-4-12(8-13)9-19-20-16(22)10-21-14-6-1-2-7-15(14)24-11-17(21)23/h1-9H,10-11H2,(H,20,22)/b19-9-. The first kappa shape index (κ1) is 16.0. The van der Waals surface area contributed by atoms with Crippen molar-refractivity contribution in [2.24, 2.45) is 5.10 Å². The molecule has 0 unspecified atom stereocenters. The van der Waals surface area contributed by atoms with Crippen LogP contribution in [-0.2, 0) is 9.59 Å². The van der Waals surface area contributed by atoms with Gasteiger partial charge in [0, 0.05) is 5.02 Å². The second kappa shape index (κ2) is 7.14. The Morgan fingerprint density at radius 2 is 2.12 bits per heavy atom. The molecular weight excluding hydrogens is 330 g/mol. The number of fused-ring (bicyclic) bond motifs is 1. The van der Waals surface area contributed by atoms with Gasteiger partial charge in [-0.25, -0.2) is 5.43 Å². The quantitative estimate of drug-likeness (QED) is 0.683. The summed E-state index contributed by atoms with van der Waals surface area (Å²) in [6, 6.07) is 14.1. The second-order valence-electron chi connectivity index (χ2n) is 5.08. The largest absolute Gasteiger partial charge is 0.482 e. The minimum atomic E-state index is -0.404. The Morgan fingerprint density at radius 3 is 2.96 bits per heavy atom. The second-order valence-corrected chi connectivity index (χ2v) is 5.52. The summed E-state index contributed by atoms with van der Waals surface area (Å²) in [5.41, 5.74) is 3.73. The van der Waals surface area contributed by atoms with E-state index < -0.39 is 5.91 Å². The van der Waals surface area contributed by atoms with Gasteiger partial charge in [0.05, 0.1) is 11.9 Å². The van der Waals surface area contributed by atoms with Gasteiger partial charge in [-0.05, 0) is 29.8 Å². The summed E-state index contributed by atoms with van der Waals surface area (Å²) in [4.78, 5) is 25.4. The van der Waals surface area contributed by atoms with E-state index in [4.69, 9.17) is 16.3 Å². The highest BCUT2D eigenvalue weighted by Gasteiger charge is 2.26. The van der Waals surface area contributed by atoms with Gasteiger partial charge in [0.2, 0.25) is 0 Å². The molecule has 0 aliphatic carbocycles. The minimum Gasteiger partial charge on any atom is -0.482 e. The maximum atomic E-state index is 12.0. The van der Waals surface area contributed by atoms with Crippen LogP contribution in [0.15, 0.2) is 53.6 Å². The lowest BCUT2D eigenvalue weighted by molar-refractivity contribution is -0.125. The molecule has 0 saturated carbocycles. The molecule has 2 aromatic carbocycles. The molecule has 24 heavy (non-hydrogen) atoms. The first-order chi connectivity index (χ1) is 11.6. The van der Waals surface area contributed by atoms with E-state index in [1.165, 1.54) is 11.1 Å². The summed E-state index contributed by atoms with van der Waals surface area (Å²) >= 11 is 5.87. The first-order valence-corrected chi connectivity index (χ1v) is 7.61. The van der Waals surface area contributed by atoms with Crippen molar-refractivity contribution in [1.29, 1.82) is 0 Å². The molecule has 0 aromatic heterocycles. The molecule has 3 rings (SSSR count). The van der Waals surface area contributed by atoms with Crippen LogP contribution in [-0.4, -0.2) is 31.2 Å². The number of hydrogen-bond acceptors (Lipinski definition) is 4. The van der Waals surface area contributed by atoms with E-state index in [-0.39, 0.29) is 19.1 Å². The number of rotatable bonds is 4. The molecule has 1 aliphatic heterocycles. The topological polar surface area (TPSA) is 71.0 Å². The van der Waals surface area contributed by atoms with E-state index in [2.05, 4.69) is 10.5 Å². The molecule has 0 radical (unpaired) electrons. The van der Waals surface area contributed by atoms with Crippen molar-refractivity contribution < 1.29 is 14.3 Å². The van der Waals surface area contributed by atoms with Gasteiger partial charge >= 0.3 is 0 Å². The van der Waals surface area contributed by atoms with Crippen LogP contribution in [0.5, 0.6) is 5.75 Å². The smallest absolute Gasteiger partial charge is 0.265 e. The molecule has 7 heteroatoms. The number of nitrogens with one attached hydrogen (secondary N) is 1. The highest BCUT2D eigenvalue weighted by molar-refractivity contribution is 6.30. The van der Waals surface area contributed by atoms with Crippen LogP contribution in [0.3, 0.4) is 0 Å². The fourth-order valence-electron chi connectivity index (χ4n) is 2.27. The molecule has 2 aromatic rings. The third kappa shape index (κ3) is 3.72. The predicted molar refractivity (Wildman–Crippen MR) is 91.5 cm³/mol. The molecular formula is C17H14ClN3O3. The van der Waals surface area contributed by atoms with Crippen LogP contribution in [0.2, 0.25) is 5.02 Å². The average Bonchev–Trinajstić information content (AvgIpc) is 2.58. The Labute approximate surface area is 143 Å². The fraction of sp³-hybridized carbons (Fsp3) is 0.118. The Morgan fingerprint density at radius 1 is 1.29 bits per heavy atom. The van der Waals surface area contributed by atoms with Crippen molar-refractivity contribution in [3.8, 4) is 5.75 Å². The SMILES string of the molecule is O=C(CN1C(=O)COc2ccccc21)N/N=C\c1cccc(Cl)c1. The van der Waals surface area contributed by atoms with Crippen LogP contribution in [0, 0.1) is 0 Å². The van der Waals surface area contributed by atoms with Gasteiger partial charge in [0.25, 0.3) is 11.8 Å². The molecule has 0 fully saturated rings. The highest BCUT2D eigenvalue weighted by atomic mass is 35.5. The normalized spacial score (nSPS) is 13.5. The van der Waals surface area contributed by atoms with Crippen molar-refractivity contribution in [2.75, 3.05) is 18.1 Å². The van der Waals surface area contributed by atoms with Gasteiger partial charge in [0.1, 0.15) is 12.3 Å². The molecule has 122 valence electrons. The van der Waals surface area contributed by atoms with E-state index in [9.17, 15) is 9.59 Å².